The Bertz CT molecular complexity index is 1430. The van der Waals surface area contributed by atoms with E-state index in [9.17, 15) is 13.2 Å². The summed E-state index contributed by atoms with van der Waals surface area (Å²) < 4.78 is 33.0. The molecule has 0 fully saturated rings. The average Bonchev–Trinajstić information content (AvgIpc) is 2.89. The molecule has 4 aromatic rings. The van der Waals surface area contributed by atoms with Gasteiger partial charge in [-0.15, -0.1) is 0 Å². The second-order valence-electron chi connectivity index (χ2n) is 7.80. The minimum Gasteiger partial charge on any atom is -0.497 e. The number of amides is 1. The van der Waals surface area contributed by atoms with Crippen LogP contribution in [0.3, 0.4) is 0 Å². The molecule has 0 unspecified atom stereocenters. The van der Waals surface area contributed by atoms with Crippen LogP contribution in [0.1, 0.15) is 11.1 Å². The van der Waals surface area contributed by atoms with Gasteiger partial charge in [-0.2, -0.15) is 9.41 Å². The van der Waals surface area contributed by atoms with Crippen molar-refractivity contribution in [2.24, 2.45) is 5.10 Å². The van der Waals surface area contributed by atoms with E-state index in [1.54, 1.807) is 18.3 Å². The molecule has 0 aliphatic carbocycles. The van der Waals surface area contributed by atoms with Gasteiger partial charge < -0.3 is 4.74 Å². The lowest BCUT2D eigenvalue weighted by Gasteiger charge is -2.21. The fourth-order valence-corrected chi connectivity index (χ4v) is 5.03. The summed E-state index contributed by atoms with van der Waals surface area (Å²) in [6.45, 7) is -0.355. The molecule has 0 aliphatic rings. The van der Waals surface area contributed by atoms with E-state index in [-0.39, 0.29) is 11.4 Å². The minimum atomic E-state index is -3.96. The number of carbonyl (C=O) groups excluding carboxylic acids is 1. The van der Waals surface area contributed by atoms with Gasteiger partial charge in [-0.1, -0.05) is 72.8 Å². The minimum absolute atomic E-state index is 0.0374. The summed E-state index contributed by atoms with van der Waals surface area (Å²) in [6.07, 6.45) is 1.56. The molecule has 0 radical (unpaired) electrons. The van der Waals surface area contributed by atoms with E-state index in [0.29, 0.717) is 5.75 Å². The van der Waals surface area contributed by atoms with Crippen molar-refractivity contribution in [3.05, 3.63) is 108 Å². The van der Waals surface area contributed by atoms with Crippen LogP contribution in [0.2, 0.25) is 0 Å². The third kappa shape index (κ3) is 5.92. The van der Waals surface area contributed by atoms with E-state index in [1.807, 2.05) is 72.8 Å². The van der Waals surface area contributed by atoms with Gasteiger partial charge in [0.05, 0.1) is 24.8 Å². The standard InChI is InChI=1S/C27H25N3O4S/c1-34-24-14-16-25(17-15-24)35(32,33)30(19-21-8-3-2-4-9-21)20-27(31)29-28-18-23-12-7-11-22-10-5-6-13-26(22)23/h2-18H,19-20H2,1H3,(H,29,31)/b28-18-. The number of nitrogens with one attached hydrogen (secondary N) is 1. The summed E-state index contributed by atoms with van der Waals surface area (Å²) in [5.41, 5.74) is 4.06. The second kappa shape index (κ2) is 10.9. The van der Waals surface area contributed by atoms with Gasteiger partial charge in [-0.05, 0) is 40.6 Å². The Morgan fingerprint density at radius 1 is 0.914 bits per heavy atom. The van der Waals surface area contributed by atoms with Crippen molar-refractivity contribution in [1.82, 2.24) is 9.73 Å². The molecule has 8 heteroatoms. The zero-order valence-corrected chi connectivity index (χ0v) is 20.0. The maximum atomic E-state index is 13.4. The molecular weight excluding hydrogens is 462 g/mol. The van der Waals surface area contributed by atoms with Crippen molar-refractivity contribution in [3.63, 3.8) is 0 Å². The number of rotatable bonds is 9. The van der Waals surface area contributed by atoms with Crippen LogP contribution in [0, 0.1) is 0 Å². The molecule has 0 aromatic heterocycles. The Labute approximate surface area is 204 Å². The van der Waals surface area contributed by atoms with Crippen molar-refractivity contribution >= 4 is 32.9 Å². The summed E-state index contributed by atoms with van der Waals surface area (Å²) in [4.78, 5) is 12.8. The molecule has 0 aliphatic heterocycles. The molecule has 7 nitrogen and oxygen atoms in total. The summed E-state index contributed by atoms with van der Waals surface area (Å²) in [5, 5.41) is 6.13. The van der Waals surface area contributed by atoms with Crippen LogP contribution in [0.5, 0.6) is 5.75 Å². The first kappa shape index (κ1) is 24.1. The number of methoxy groups -OCH3 is 1. The Morgan fingerprint density at radius 2 is 1.60 bits per heavy atom. The van der Waals surface area contributed by atoms with Crippen molar-refractivity contribution in [1.29, 1.82) is 0 Å². The molecule has 4 rings (SSSR count). The van der Waals surface area contributed by atoms with E-state index < -0.39 is 22.5 Å². The maximum absolute atomic E-state index is 13.4. The van der Waals surface area contributed by atoms with Crippen molar-refractivity contribution < 1.29 is 17.9 Å². The summed E-state index contributed by atoms with van der Waals surface area (Å²) >= 11 is 0. The molecule has 35 heavy (non-hydrogen) atoms. The highest BCUT2D eigenvalue weighted by Crippen LogP contribution is 2.21. The quantitative estimate of drug-likeness (QED) is 0.283. The number of benzene rings is 4. The van der Waals surface area contributed by atoms with Crippen molar-refractivity contribution in [2.75, 3.05) is 13.7 Å². The third-order valence-corrected chi connectivity index (χ3v) is 7.24. The number of ether oxygens (including phenoxy) is 1. The average molecular weight is 488 g/mol. The predicted molar refractivity (Wildman–Crippen MR) is 137 cm³/mol. The van der Waals surface area contributed by atoms with E-state index in [0.717, 1.165) is 26.2 Å². The lowest BCUT2D eigenvalue weighted by Crippen LogP contribution is -2.39. The normalized spacial score (nSPS) is 11.7. The van der Waals surface area contributed by atoms with Gasteiger partial charge in [0, 0.05) is 12.1 Å². The van der Waals surface area contributed by atoms with Crippen LogP contribution >= 0.6 is 0 Å². The number of sulfonamides is 1. The highest BCUT2D eigenvalue weighted by Gasteiger charge is 2.27. The van der Waals surface area contributed by atoms with Crippen molar-refractivity contribution in [3.8, 4) is 5.75 Å². The summed E-state index contributed by atoms with van der Waals surface area (Å²) in [5.74, 6) is -0.00594. The highest BCUT2D eigenvalue weighted by atomic mass is 32.2. The van der Waals surface area contributed by atoms with Crippen LogP contribution in [-0.4, -0.2) is 38.5 Å². The van der Waals surface area contributed by atoms with Gasteiger partial charge in [0.15, 0.2) is 0 Å². The molecule has 0 atom stereocenters. The fraction of sp³-hybridized carbons (Fsp3) is 0.111. The van der Waals surface area contributed by atoms with Crippen LogP contribution in [0.15, 0.2) is 107 Å². The van der Waals surface area contributed by atoms with E-state index in [4.69, 9.17) is 4.74 Å². The Kier molecular flexibility index (Phi) is 7.54. The molecule has 1 N–H and O–H groups in total. The fourth-order valence-electron chi connectivity index (χ4n) is 3.64. The van der Waals surface area contributed by atoms with Crippen molar-refractivity contribution in [2.45, 2.75) is 11.4 Å². The number of hydrogen-bond acceptors (Lipinski definition) is 5. The SMILES string of the molecule is COc1ccc(S(=O)(=O)N(CC(=O)N/N=C\c2cccc3ccccc23)Cc2ccccc2)cc1. The number of fused-ring (bicyclic) bond motifs is 1. The first-order valence-electron chi connectivity index (χ1n) is 10.9. The number of nitrogens with zero attached hydrogens (tertiary/aromatic N) is 2. The molecule has 0 saturated carbocycles. The number of carbonyl (C=O) groups is 1. The van der Waals surface area contributed by atoms with Gasteiger partial charge in [0.2, 0.25) is 10.0 Å². The third-order valence-electron chi connectivity index (χ3n) is 5.44. The van der Waals surface area contributed by atoms with E-state index in [1.165, 1.54) is 19.2 Å². The smallest absolute Gasteiger partial charge is 0.255 e. The Morgan fingerprint density at radius 3 is 2.34 bits per heavy atom. The molecule has 0 saturated heterocycles. The number of hydrogen-bond donors (Lipinski definition) is 1. The largest absolute Gasteiger partial charge is 0.497 e. The van der Waals surface area contributed by atoms with E-state index in [2.05, 4.69) is 10.5 Å². The molecular formula is C27H25N3O4S. The topological polar surface area (TPSA) is 88.1 Å². The maximum Gasteiger partial charge on any atom is 0.255 e. The molecule has 0 heterocycles. The Hall–Kier alpha value is -4.01. The molecule has 0 bridgehead atoms. The highest BCUT2D eigenvalue weighted by molar-refractivity contribution is 7.89. The van der Waals surface area contributed by atoms with Gasteiger partial charge >= 0.3 is 0 Å². The predicted octanol–water partition coefficient (Wildman–Crippen LogP) is 4.19. The van der Waals surface area contributed by atoms with Gasteiger partial charge in [0.25, 0.3) is 5.91 Å². The summed E-state index contributed by atoms with van der Waals surface area (Å²) in [6, 6.07) is 28.8. The van der Waals surface area contributed by atoms with Gasteiger partial charge in [0.1, 0.15) is 5.75 Å². The van der Waals surface area contributed by atoms with Crippen LogP contribution in [0.4, 0.5) is 0 Å². The molecule has 1 amide bonds. The van der Waals surface area contributed by atoms with Crippen LogP contribution < -0.4 is 10.2 Å². The van der Waals surface area contributed by atoms with E-state index >= 15 is 0 Å². The first-order chi connectivity index (χ1) is 17.0. The zero-order chi connectivity index (χ0) is 24.7. The summed E-state index contributed by atoms with van der Waals surface area (Å²) in [7, 11) is -2.45. The van der Waals surface area contributed by atoms with Crippen LogP contribution in [-0.2, 0) is 21.4 Å². The molecule has 178 valence electrons. The van der Waals surface area contributed by atoms with Crippen LogP contribution in [0.25, 0.3) is 10.8 Å². The monoisotopic (exact) mass is 487 g/mol. The Balaban J connectivity index is 1.53. The first-order valence-corrected chi connectivity index (χ1v) is 12.4. The molecule has 4 aromatic carbocycles. The number of hydrazone groups is 1. The molecule has 0 spiro atoms. The zero-order valence-electron chi connectivity index (χ0n) is 19.2. The lowest BCUT2D eigenvalue weighted by molar-refractivity contribution is -0.121. The second-order valence-corrected chi connectivity index (χ2v) is 9.73. The lowest BCUT2D eigenvalue weighted by atomic mass is 10.1. The van der Waals surface area contributed by atoms with Gasteiger partial charge in [-0.3, -0.25) is 4.79 Å². The van der Waals surface area contributed by atoms with Gasteiger partial charge in [-0.25, -0.2) is 13.8 Å².